The van der Waals surface area contributed by atoms with Crippen LogP contribution in [-0.2, 0) is 6.18 Å². The summed E-state index contributed by atoms with van der Waals surface area (Å²) in [5.74, 6) is 0.393. The maximum atomic E-state index is 13.3. The lowest BCUT2D eigenvalue weighted by molar-refractivity contribution is -0.139. The standard InChI is InChI=1S/C24H20F3N3O3/c1-15-11-12-21(33-15)22-18(14-30(29-22)16-7-3-2-4-8-16)23(32)28-13-20(31)17-9-5-6-10-19(17)24(25,26)27/h2-12,14,20,31H,13H2,1H3,(H,28,32). The zero-order valence-electron chi connectivity index (χ0n) is 17.5. The molecule has 0 saturated carbocycles. The van der Waals surface area contributed by atoms with Gasteiger partial charge in [-0.05, 0) is 42.8 Å². The number of aliphatic hydroxyl groups excluding tert-OH is 1. The van der Waals surface area contributed by atoms with E-state index in [2.05, 4.69) is 10.4 Å². The van der Waals surface area contributed by atoms with Gasteiger partial charge in [-0.15, -0.1) is 0 Å². The van der Waals surface area contributed by atoms with Crippen molar-refractivity contribution in [1.29, 1.82) is 0 Å². The van der Waals surface area contributed by atoms with Crippen molar-refractivity contribution in [1.82, 2.24) is 15.1 Å². The number of furan rings is 1. The van der Waals surface area contributed by atoms with Gasteiger partial charge in [0.25, 0.3) is 5.91 Å². The minimum absolute atomic E-state index is 0.157. The van der Waals surface area contributed by atoms with Gasteiger partial charge in [0.1, 0.15) is 11.5 Å². The molecule has 0 saturated heterocycles. The molecule has 0 spiro atoms. The number of benzene rings is 2. The zero-order valence-corrected chi connectivity index (χ0v) is 17.5. The van der Waals surface area contributed by atoms with Crippen LogP contribution in [0.3, 0.4) is 0 Å². The first-order chi connectivity index (χ1) is 15.7. The summed E-state index contributed by atoms with van der Waals surface area (Å²) in [5, 5.41) is 17.4. The van der Waals surface area contributed by atoms with E-state index in [4.69, 9.17) is 4.42 Å². The second-order valence-electron chi connectivity index (χ2n) is 7.39. The first-order valence-electron chi connectivity index (χ1n) is 10.1. The Balaban J connectivity index is 1.60. The van der Waals surface area contributed by atoms with Crippen LogP contribution in [0.5, 0.6) is 0 Å². The number of hydrogen-bond acceptors (Lipinski definition) is 4. The van der Waals surface area contributed by atoms with Crippen LogP contribution in [0.15, 0.2) is 77.3 Å². The summed E-state index contributed by atoms with van der Waals surface area (Å²) in [6.45, 7) is 1.34. The fourth-order valence-corrected chi connectivity index (χ4v) is 3.44. The third-order valence-corrected chi connectivity index (χ3v) is 5.03. The molecule has 1 amide bonds. The van der Waals surface area contributed by atoms with E-state index in [1.54, 1.807) is 19.1 Å². The van der Waals surface area contributed by atoms with Gasteiger partial charge in [0.2, 0.25) is 0 Å². The van der Waals surface area contributed by atoms with Gasteiger partial charge in [0, 0.05) is 12.7 Å². The number of aromatic nitrogens is 2. The monoisotopic (exact) mass is 455 g/mol. The molecule has 9 heteroatoms. The number of hydrogen-bond donors (Lipinski definition) is 2. The molecular weight excluding hydrogens is 435 g/mol. The van der Waals surface area contributed by atoms with Crippen molar-refractivity contribution >= 4 is 5.91 Å². The molecule has 6 nitrogen and oxygen atoms in total. The number of para-hydroxylation sites is 1. The summed E-state index contributed by atoms with van der Waals surface area (Å²) in [6.07, 6.45) is -4.67. The molecule has 1 atom stereocenters. The largest absolute Gasteiger partial charge is 0.460 e. The highest BCUT2D eigenvalue weighted by Gasteiger charge is 2.34. The summed E-state index contributed by atoms with van der Waals surface area (Å²) in [5.41, 5.74) is -0.123. The van der Waals surface area contributed by atoms with E-state index >= 15 is 0 Å². The van der Waals surface area contributed by atoms with E-state index < -0.39 is 30.3 Å². The second-order valence-corrected chi connectivity index (χ2v) is 7.39. The molecule has 2 aromatic heterocycles. The quantitative estimate of drug-likeness (QED) is 0.432. The van der Waals surface area contributed by atoms with Crippen molar-refractivity contribution in [3.63, 3.8) is 0 Å². The Kier molecular flexibility index (Phi) is 6.06. The maximum Gasteiger partial charge on any atom is 0.416 e. The summed E-state index contributed by atoms with van der Waals surface area (Å²) < 4.78 is 46.9. The van der Waals surface area contributed by atoms with E-state index in [-0.39, 0.29) is 16.8 Å². The smallest absolute Gasteiger partial charge is 0.416 e. The Bertz CT molecular complexity index is 1260. The van der Waals surface area contributed by atoms with Gasteiger partial charge in [-0.3, -0.25) is 4.79 Å². The summed E-state index contributed by atoms with van der Waals surface area (Å²) in [7, 11) is 0. The van der Waals surface area contributed by atoms with Crippen molar-refractivity contribution < 1.29 is 27.5 Å². The second kappa shape index (κ2) is 8.95. The number of aliphatic hydroxyl groups is 1. The van der Waals surface area contributed by atoms with E-state index in [0.29, 0.717) is 17.2 Å². The average molecular weight is 455 g/mol. The first kappa shape index (κ1) is 22.3. The number of nitrogens with one attached hydrogen (secondary N) is 1. The molecule has 0 radical (unpaired) electrons. The van der Waals surface area contributed by atoms with Gasteiger partial charge in [0.05, 0.1) is 22.9 Å². The van der Waals surface area contributed by atoms with Crippen LogP contribution in [0.2, 0.25) is 0 Å². The number of alkyl halides is 3. The molecule has 170 valence electrons. The Morgan fingerprint density at radius 1 is 1.09 bits per heavy atom. The number of aryl methyl sites for hydroxylation is 1. The molecule has 1 unspecified atom stereocenters. The van der Waals surface area contributed by atoms with Crippen molar-refractivity contribution in [3.8, 4) is 17.1 Å². The SMILES string of the molecule is Cc1ccc(-c2nn(-c3ccccc3)cc2C(=O)NCC(O)c2ccccc2C(F)(F)F)o1. The number of carbonyl (C=O) groups excluding carboxylic acids is 1. The zero-order chi connectivity index (χ0) is 23.6. The maximum absolute atomic E-state index is 13.3. The lowest BCUT2D eigenvalue weighted by Crippen LogP contribution is -2.29. The predicted molar refractivity (Wildman–Crippen MR) is 115 cm³/mol. The number of carbonyl (C=O) groups is 1. The molecule has 4 rings (SSSR count). The predicted octanol–water partition coefficient (Wildman–Crippen LogP) is 4.92. The molecule has 2 heterocycles. The number of halogens is 3. The van der Waals surface area contributed by atoms with Gasteiger partial charge in [-0.25, -0.2) is 4.68 Å². The number of rotatable bonds is 6. The third-order valence-electron chi connectivity index (χ3n) is 5.03. The van der Waals surface area contributed by atoms with Gasteiger partial charge < -0.3 is 14.8 Å². The molecular formula is C24H20F3N3O3. The molecule has 0 fully saturated rings. The summed E-state index contributed by atoms with van der Waals surface area (Å²) >= 11 is 0. The minimum Gasteiger partial charge on any atom is -0.460 e. The topological polar surface area (TPSA) is 80.3 Å². The van der Waals surface area contributed by atoms with Crippen LogP contribution in [0.25, 0.3) is 17.1 Å². The van der Waals surface area contributed by atoms with Gasteiger partial charge >= 0.3 is 6.18 Å². The molecule has 0 bridgehead atoms. The van der Waals surface area contributed by atoms with Gasteiger partial charge in [0.15, 0.2) is 5.76 Å². The molecule has 4 aromatic rings. The highest BCUT2D eigenvalue weighted by atomic mass is 19.4. The highest BCUT2D eigenvalue weighted by molar-refractivity contribution is 5.99. The van der Waals surface area contributed by atoms with E-state index in [1.807, 2.05) is 30.3 Å². The van der Waals surface area contributed by atoms with Crippen molar-refractivity contribution in [2.75, 3.05) is 6.54 Å². The first-order valence-corrected chi connectivity index (χ1v) is 10.1. The lowest BCUT2D eigenvalue weighted by atomic mass is 10.0. The van der Waals surface area contributed by atoms with Crippen LogP contribution in [0, 0.1) is 6.92 Å². The fourth-order valence-electron chi connectivity index (χ4n) is 3.44. The Labute approximate surface area is 187 Å². The minimum atomic E-state index is -4.62. The van der Waals surface area contributed by atoms with Crippen LogP contribution < -0.4 is 5.32 Å². The van der Waals surface area contributed by atoms with E-state index in [0.717, 1.165) is 6.07 Å². The average Bonchev–Trinajstić information content (AvgIpc) is 3.44. The van der Waals surface area contributed by atoms with Gasteiger partial charge in [-0.2, -0.15) is 18.3 Å². The molecule has 2 N–H and O–H groups in total. The van der Waals surface area contributed by atoms with Crippen molar-refractivity contribution in [3.05, 3.63) is 95.4 Å². The third kappa shape index (κ3) is 4.83. The number of amides is 1. The van der Waals surface area contributed by atoms with Crippen molar-refractivity contribution in [2.45, 2.75) is 19.2 Å². The summed E-state index contributed by atoms with van der Waals surface area (Å²) in [4.78, 5) is 13.0. The highest BCUT2D eigenvalue weighted by Crippen LogP contribution is 2.34. The molecule has 2 aromatic carbocycles. The summed E-state index contributed by atoms with van der Waals surface area (Å²) in [6, 6.07) is 17.2. The lowest BCUT2D eigenvalue weighted by Gasteiger charge is -2.17. The Hall–Kier alpha value is -3.85. The molecule has 33 heavy (non-hydrogen) atoms. The molecule has 0 aliphatic heterocycles. The van der Waals surface area contributed by atoms with E-state index in [9.17, 15) is 23.1 Å². The normalized spacial score (nSPS) is 12.5. The van der Waals surface area contributed by atoms with E-state index in [1.165, 1.54) is 29.1 Å². The van der Waals surface area contributed by atoms with Crippen LogP contribution in [0.1, 0.15) is 33.3 Å². The Morgan fingerprint density at radius 2 is 1.79 bits per heavy atom. The fraction of sp³-hybridized carbons (Fsp3) is 0.167. The van der Waals surface area contributed by atoms with Crippen LogP contribution in [0.4, 0.5) is 13.2 Å². The van der Waals surface area contributed by atoms with Crippen molar-refractivity contribution in [2.24, 2.45) is 0 Å². The Morgan fingerprint density at radius 3 is 2.45 bits per heavy atom. The molecule has 0 aliphatic rings. The van der Waals surface area contributed by atoms with Crippen LogP contribution >= 0.6 is 0 Å². The number of nitrogens with zero attached hydrogens (tertiary/aromatic N) is 2. The molecule has 0 aliphatic carbocycles. The van der Waals surface area contributed by atoms with Crippen LogP contribution in [-0.4, -0.2) is 27.3 Å². The van der Waals surface area contributed by atoms with Gasteiger partial charge in [-0.1, -0.05) is 36.4 Å².